The highest BCUT2D eigenvalue weighted by atomic mass is 16.5. The second-order valence-electron chi connectivity index (χ2n) is 7.64. The highest BCUT2D eigenvalue weighted by Crippen LogP contribution is 2.34. The molecule has 1 saturated heterocycles. The highest BCUT2D eigenvalue weighted by molar-refractivity contribution is 5.75. The lowest BCUT2D eigenvalue weighted by molar-refractivity contribution is -0.129. The van der Waals surface area contributed by atoms with Crippen LogP contribution in [0.5, 0.6) is 0 Å². The molecule has 6 heteroatoms. The van der Waals surface area contributed by atoms with E-state index in [1.54, 1.807) is 14.0 Å². The fourth-order valence-corrected chi connectivity index (χ4v) is 3.66. The first-order valence-electron chi connectivity index (χ1n) is 10.1. The smallest absolute Gasteiger partial charge is 0.232 e. The molecule has 0 bridgehead atoms. The number of anilines is 1. The van der Waals surface area contributed by atoms with Crippen LogP contribution in [0.3, 0.4) is 0 Å². The van der Waals surface area contributed by atoms with Crippen LogP contribution in [0.4, 0.5) is 5.88 Å². The van der Waals surface area contributed by atoms with E-state index in [2.05, 4.69) is 17.0 Å². The molecule has 0 spiro atoms. The Hall–Kier alpha value is -2.34. The Kier molecular flexibility index (Phi) is 7.09. The van der Waals surface area contributed by atoms with E-state index in [0.29, 0.717) is 19.7 Å². The van der Waals surface area contributed by atoms with Gasteiger partial charge in [0.2, 0.25) is 11.8 Å². The number of piperidine rings is 1. The summed E-state index contributed by atoms with van der Waals surface area (Å²) in [6.07, 6.45) is 3.09. The zero-order valence-corrected chi connectivity index (χ0v) is 17.2. The van der Waals surface area contributed by atoms with Gasteiger partial charge in [0.25, 0.3) is 0 Å². The molecule has 2 aromatic rings. The molecule has 0 N–H and O–H groups in total. The summed E-state index contributed by atoms with van der Waals surface area (Å²) < 4.78 is 11.0. The summed E-state index contributed by atoms with van der Waals surface area (Å²) >= 11 is 0. The summed E-state index contributed by atoms with van der Waals surface area (Å²) in [4.78, 5) is 16.4. The Morgan fingerprint density at radius 2 is 2.00 bits per heavy atom. The monoisotopic (exact) mass is 385 g/mol. The first kappa shape index (κ1) is 20.4. The summed E-state index contributed by atoms with van der Waals surface area (Å²) in [5, 5.41) is 4.41. The maximum atomic E-state index is 12.3. The Balaban J connectivity index is 1.90. The Bertz CT molecular complexity index is 752. The molecule has 0 aliphatic carbocycles. The summed E-state index contributed by atoms with van der Waals surface area (Å²) in [5.74, 6) is 1.59. The molecular weight excluding hydrogens is 354 g/mol. The predicted molar refractivity (Wildman–Crippen MR) is 110 cm³/mol. The molecule has 152 valence electrons. The molecule has 0 unspecified atom stereocenters. The van der Waals surface area contributed by atoms with Crippen LogP contribution in [0.25, 0.3) is 11.3 Å². The number of amides is 1. The fraction of sp³-hybridized carbons (Fsp3) is 0.545. The number of aromatic nitrogens is 1. The largest absolute Gasteiger partial charge is 0.385 e. The lowest BCUT2D eigenvalue weighted by atomic mass is 9.98. The number of methoxy groups -OCH3 is 1. The van der Waals surface area contributed by atoms with E-state index in [1.807, 2.05) is 35.2 Å². The molecule has 28 heavy (non-hydrogen) atoms. The molecule has 6 nitrogen and oxygen atoms in total. The molecule has 0 atom stereocenters. The third-order valence-electron chi connectivity index (χ3n) is 5.46. The van der Waals surface area contributed by atoms with E-state index in [-0.39, 0.29) is 5.91 Å². The number of carbonyl (C=O) groups excluding carboxylic acids is 1. The van der Waals surface area contributed by atoms with Gasteiger partial charge >= 0.3 is 0 Å². The van der Waals surface area contributed by atoms with Crippen LogP contribution in [-0.4, -0.2) is 49.3 Å². The van der Waals surface area contributed by atoms with Gasteiger partial charge in [0.15, 0.2) is 0 Å². The molecule has 2 heterocycles. The van der Waals surface area contributed by atoms with Crippen LogP contribution in [0.2, 0.25) is 0 Å². The molecule has 1 aliphatic heterocycles. The van der Waals surface area contributed by atoms with E-state index < -0.39 is 0 Å². The molecule has 1 aliphatic rings. The van der Waals surface area contributed by atoms with Crippen LogP contribution in [0.15, 0.2) is 34.9 Å². The van der Waals surface area contributed by atoms with Gasteiger partial charge in [0.1, 0.15) is 5.69 Å². The van der Waals surface area contributed by atoms with Crippen LogP contribution in [0.1, 0.15) is 38.7 Å². The molecular formula is C22H31N3O3. The van der Waals surface area contributed by atoms with Crippen LogP contribution in [0, 0.1) is 5.92 Å². The zero-order chi connectivity index (χ0) is 19.9. The predicted octanol–water partition coefficient (Wildman–Crippen LogP) is 3.96. The second-order valence-corrected chi connectivity index (χ2v) is 7.64. The maximum absolute atomic E-state index is 12.3. The van der Waals surface area contributed by atoms with Crippen LogP contribution >= 0.6 is 0 Å². The zero-order valence-electron chi connectivity index (χ0n) is 17.2. The van der Waals surface area contributed by atoms with Gasteiger partial charge in [-0.05, 0) is 25.2 Å². The van der Waals surface area contributed by atoms with Crippen molar-refractivity contribution in [3.63, 3.8) is 0 Å². The van der Waals surface area contributed by atoms with Gasteiger partial charge < -0.3 is 19.1 Å². The second kappa shape index (κ2) is 9.73. The average Bonchev–Trinajstić information content (AvgIpc) is 3.12. The number of rotatable bonds is 8. The lowest BCUT2D eigenvalue weighted by Crippen LogP contribution is -2.34. The first-order valence-corrected chi connectivity index (χ1v) is 10.1. The van der Waals surface area contributed by atoms with Gasteiger partial charge in [0.05, 0.1) is 12.1 Å². The lowest BCUT2D eigenvalue weighted by Gasteiger charge is -2.31. The number of nitrogens with zero attached hydrogens (tertiary/aromatic N) is 3. The quantitative estimate of drug-likeness (QED) is 0.644. The Morgan fingerprint density at radius 1 is 1.29 bits per heavy atom. The minimum Gasteiger partial charge on any atom is -0.385 e. The van der Waals surface area contributed by atoms with E-state index in [4.69, 9.17) is 9.26 Å². The molecule has 0 saturated carbocycles. The van der Waals surface area contributed by atoms with E-state index in [1.165, 1.54) is 0 Å². The standard InChI is InChI=1S/C22H31N3O3/c1-17-10-13-24(14-11-17)22-20(16-25(18(2)26)12-7-15-27-3)21(23-28-22)19-8-5-4-6-9-19/h4-6,8-9,17H,7,10-16H2,1-3H3. The third kappa shape index (κ3) is 4.93. The summed E-state index contributed by atoms with van der Waals surface area (Å²) in [6, 6.07) is 10.1. The van der Waals surface area contributed by atoms with Crippen molar-refractivity contribution in [3.8, 4) is 11.3 Å². The number of carbonyl (C=O) groups is 1. The van der Waals surface area contributed by atoms with Gasteiger partial charge in [-0.1, -0.05) is 42.4 Å². The van der Waals surface area contributed by atoms with Crippen molar-refractivity contribution in [1.29, 1.82) is 0 Å². The maximum Gasteiger partial charge on any atom is 0.232 e. The van der Waals surface area contributed by atoms with Crippen molar-refractivity contribution in [1.82, 2.24) is 10.1 Å². The van der Waals surface area contributed by atoms with E-state index >= 15 is 0 Å². The minimum atomic E-state index is 0.0505. The van der Waals surface area contributed by atoms with Crippen molar-refractivity contribution in [2.45, 2.75) is 39.7 Å². The van der Waals surface area contributed by atoms with Gasteiger partial charge in [-0.25, -0.2) is 0 Å². The van der Waals surface area contributed by atoms with Gasteiger partial charge in [-0.3, -0.25) is 4.79 Å². The summed E-state index contributed by atoms with van der Waals surface area (Å²) in [6.45, 7) is 7.61. The molecule has 1 fully saturated rings. The topological polar surface area (TPSA) is 58.8 Å². The number of hydrogen-bond donors (Lipinski definition) is 0. The number of benzene rings is 1. The normalized spacial score (nSPS) is 15.0. The van der Waals surface area contributed by atoms with E-state index in [0.717, 1.165) is 61.0 Å². The summed E-state index contributed by atoms with van der Waals surface area (Å²) in [5.41, 5.74) is 2.83. The van der Waals surface area contributed by atoms with E-state index in [9.17, 15) is 4.79 Å². The van der Waals surface area contributed by atoms with Gasteiger partial charge in [-0.15, -0.1) is 0 Å². The Morgan fingerprint density at radius 3 is 2.64 bits per heavy atom. The number of hydrogen-bond acceptors (Lipinski definition) is 5. The first-order chi connectivity index (χ1) is 13.6. The average molecular weight is 386 g/mol. The van der Waals surface area contributed by atoms with Crippen LogP contribution in [-0.2, 0) is 16.1 Å². The summed E-state index contributed by atoms with van der Waals surface area (Å²) in [7, 11) is 1.68. The molecule has 0 radical (unpaired) electrons. The highest BCUT2D eigenvalue weighted by Gasteiger charge is 2.27. The van der Waals surface area contributed by atoms with Crippen molar-refractivity contribution in [2.75, 3.05) is 38.3 Å². The molecule has 3 rings (SSSR count). The van der Waals surface area contributed by atoms with Gasteiger partial charge in [-0.2, -0.15) is 0 Å². The SMILES string of the molecule is COCCCN(Cc1c(-c2ccccc2)noc1N1CCC(C)CC1)C(C)=O. The Labute approximate surface area is 167 Å². The van der Waals surface area contributed by atoms with Gasteiger partial charge in [0, 0.05) is 45.8 Å². The van der Waals surface area contributed by atoms with Crippen molar-refractivity contribution in [3.05, 3.63) is 35.9 Å². The third-order valence-corrected chi connectivity index (χ3v) is 5.46. The molecule has 1 amide bonds. The van der Waals surface area contributed by atoms with Crippen molar-refractivity contribution >= 4 is 11.8 Å². The molecule has 1 aromatic carbocycles. The fourth-order valence-electron chi connectivity index (χ4n) is 3.66. The number of ether oxygens (including phenoxy) is 1. The van der Waals surface area contributed by atoms with Crippen molar-refractivity contribution in [2.24, 2.45) is 5.92 Å². The molecule has 1 aromatic heterocycles. The van der Waals surface area contributed by atoms with Crippen molar-refractivity contribution < 1.29 is 14.1 Å². The van der Waals surface area contributed by atoms with Crippen LogP contribution < -0.4 is 4.90 Å². The minimum absolute atomic E-state index is 0.0505.